The lowest BCUT2D eigenvalue weighted by molar-refractivity contribution is -0.140. The second kappa shape index (κ2) is 7.60. The van der Waals surface area contributed by atoms with Gasteiger partial charge in [-0.15, -0.1) is 0 Å². The third-order valence-corrected chi connectivity index (χ3v) is 3.98. The minimum Gasteiger partial charge on any atom is -0.466 e. The van der Waals surface area contributed by atoms with Crippen LogP contribution in [0.2, 0.25) is 0 Å². The molecule has 0 fully saturated rings. The number of nitrogens with zero attached hydrogens (tertiary/aromatic N) is 1. The van der Waals surface area contributed by atoms with Crippen LogP contribution in [0, 0.1) is 3.57 Å². The highest BCUT2D eigenvalue weighted by Gasteiger charge is 2.35. The molecule has 0 bridgehead atoms. The van der Waals surface area contributed by atoms with E-state index in [1.54, 1.807) is 22.6 Å². The molecule has 1 aliphatic heterocycles. The normalized spacial score (nSPS) is 15.2. The van der Waals surface area contributed by atoms with Gasteiger partial charge in [0.1, 0.15) is 12.4 Å². The van der Waals surface area contributed by atoms with E-state index in [1.165, 1.54) is 6.07 Å². The van der Waals surface area contributed by atoms with E-state index in [1.807, 2.05) is 0 Å². The van der Waals surface area contributed by atoms with E-state index in [0.29, 0.717) is 3.57 Å². The first kappa shape index (κ1) is 19.5. The summed E-state index contributed by atoms with van der Waals surface area (Å²) in [5, 5.41) is 0. The molecule has 0 amide bonds. The molecule has 25 heavy (non-hydrogen) atoms. The Morgan fingerprint density at radius 3 is 2.36 bits per heavy atom. The summed E-state index contributed by atoms with van der Waals surface area (Å²) in [6.07, 6.45) is -4.56. The van der Waals surface area contributed by atoms with E-state index in [-0.39, 0.29) is 30.3 Å². The average Bonchev–Trinajstić information content (AvgIpc) is 2.58. The predicted molar refractivity (Wildman–Crippen MR) is 88.5 cm³/mol. The topological polar surface area (TPSA) is 65.1 Å². The van der Waals surface area contributed by atoms with Crippen molar-refractivity contribution in [1.29, 1.82) is 0 Å². The number of halogens is 4. The Morgan fingerprint density at radius 2 is 1.80 bits per heavy atom. The molecule has 0 atom stereocenters. The summed E-state index contributed by atoms with van der Waals surface area (Å²) < 4.78 is 54.0. The Bertz CT molecular complexity index is 732. The molecule has 6 nitrogen and oxygen atoms in total. The van der Waals surface area contributed by atoms with Crippen LogP contribution in [0.4, 0.5) is 18.9 Å². The van der Waals surface area contributed by atoms with Crippen LogP contribution < -0.4 is 4.90 Å². The number of carbonyl (C=O) groups is 2. The van der Waals surface area contributed by atoms with Crippen LogP contribution in [0.5, 0.6) is 0 Å². The molecule has 136 valence electrons. The third kappa shape index (κ3) is 4.24. The molecule has 0 spiro atoms. The Labute approximate surface area is 154 Å². The summed E-state index contributed by atoms with van der Waals surface area (Å²) in [4.78, 5) is 25.2. The maximum atomic E-state index is 13.1. The van der Waals surface area contributed by atoms with E-state index < -0.39 is 23.7 Å². The lowest BCUT2D eigenvalue weighted by Crippen LogP contribution is -2.39. The van der Waals surface area contributed by atoms with Crippen molar-refractivity contribution in [3.05, 3.63) is 38.6 Å². The fourth-order valence-corrected chi connectivity index (χ4v) is 2.90. The summed E-state index contributed by atoms with van der Waals surface area (Å²) >= 11 is 1.74. The zero-order valence-electron chi connectivity index (χ0n) is 13.1. The number of hydrogen-bond acceptors (Lipinski definition) is 6. The molecule has 0 aliphatic carbocycles. The molecule has 0 saturated carbocycles. The van der Waals surface area contributed by atoms with Crippen LogP contribution in [-0.2, 0) is 30.0 Å². The van der Waals surface area contributed by atoms with Crippen molar-refractivity contribution in [2.75, 3.05) is 32.5 Å². The summed E-state index contributed by atoms with van der Waals surface area (Å²) in [6, 6.07) is 3.27. The molecule has 1 aliphatic rings. The van der Waals surface area contributed by atoms with Gasteiger partial charge in [0.25, 0.3) is 0 Å². The molecule has 10 heteroatoms. The second-order valence-electron chi connectivity index (χ2n) is 4.91. The molecule has 2 rings (SSSR count). The van der Waals surface area contributed by atoms with Crippen molar-refractivity contribution in [2.45, 2.75) is 6.18 Å². The van der Waals surface area contributed by atoms with Crippen molar-refractivity contribution in [1.82, 2.24) is 0 Å². The van der Waals surface area contributed by atoms with Gasteiger partial charge in [-0.05, 0) is 40.8 Å². The van der Waals surface area contributed by atoms with Crippen LogP contribution in [0.25, 0.3) is 0 Å². The third-order valence-electron chi connectivity index (χ3n) is 3.35. The molecule has 0 aromatic heterocycles. The molecule has 1 aromatic carbocycles. The largest absolute Gasteiger partial charge is 0.466 e. The molecule has 0 radical (unpaired) electrons. The quantitative estimate of drug-likeness (QED) is 0.499. The van der Waals surface area contributed by atoms with Gasteiger partial charge >= 0.3 is 18.1 Å². The SMILES string of the molecule is COC(=O)C1=C(C(=O)OC)N(c2cc(I)cc(C(F)(F)F)c2)COC1. The number of anilines is 1. The average molecular weight is 471 g/mol. The van der Waals surface area contributed by atoms with Gasteiger partial charge < -0.3 is 19.1 Å². The van der Waals surface area contributed by atoms with Gasteiger partial charge in [0, 0.05) is 9.26 Å². The van der Waals surface area contributed by atoms with E-state index >= 15 is 0 Å². The van der Waals surface area contributed by atoms with Crippen LogP contribution >= 0.6 is 22.6 Å². The lowest BCUT2D eigenvalue weighted by atomic mass is 10.1. The first-order chi connectivity index (χ1) is 11.7. The molecular formula is C15H13F3INO5. The van der Waals surface area contributed by atoms with Crippen LogP contribution in [0.15, 0.2) is 29.5 Å². The number of benzene rings is 1. The second-order valence-corrected chi connectivity index (χ2v) is 6.16. The number of carbonyl (C=O) groups excluding carboxylic acids is 2. The fraction of sp³-hybridized carbons (Fsp3) is 0.333. The standard InChI is InChI=1S/C15H13F3INO5/c1-23-13(21)11-6-25-7-20(12(11)14(22)24-2)10-4-8(15(16,17)18)3-9(19)5-10/h3-5H,6-7H2,1-2H3. The van der Waals surface area contributed by atoms with E-state index in [4.69, 9.17) is 4.74 Å². The van der Waals surface area contributed by atoms with Crippen LogP contribution in [0.1, 0.15) is 5.56 Å². The number of methoxy groups -OCH3 is 2. The van der Waals surface area contributed by atoms with Crippen molar-refractivity contribution in [2.24, 2.45) is 0 Å². The number of hydrogen-bond donors (Lipinski definition) is 0. The van der Waals surface area contributed by atoms with Crippen LogP contribution in [0.3, 0.4) is 0 Å². The first-order valence-electron chi connectivity index (χ1n) is 6.82. The zero-order valence-corrected chi connectivity index (χ0v) is 15.3. The van der Waals surface area contributed by atoms with E-state index in [2.05, 4.69) is 9.47 Å². The van der Waals surface area contributed by atoms with E-state index in [0.717, 1.165) is 31.3 Å². The highest BCUT2D eigenvalue weighted by Crippen LogP contribution is 2.35. The number of alkyl halides is 3. The number of ether oxygens (including phenoxy) is 3. The van der Waals surface area contributed by atoms with Gasteiger partial charge in [0.2, 0.25) is 0 Å². The Balaban J connectivity index is 2.62. The summed E-state index contributed by atoms with van der Waals surface area (Å²) in [7, 11) is 2.23. The summed E-state index contributed by atoms with van der Waals surface area (Å²) in [6.45, 7) is -0.439. The minimum atomic E-state index is -4.56. The molecular weight excluding hydrogens is 458 g/mol. The molecule has 0 N–H and O–H groups in total. The lowest BCUT2D eigenvalue weighted by Gasteiger charge is -2.31. The minimum absolute atomic E-state index is 0.0423. The first-order valence-corrected chi connectivity index (χ1v) is 7.89. The van der Waals surface area contributed by atoms with Gasteiger partial charge in [-0.3, -0.25) is 0 Å². The van der Waals surface area contributed by atoms with Gasteiger partial charge in [-0.1, -0.05) is 0 Å². The van der Waals surface area contributed by atoms with Gasteiger partial charge in [-0.25, -0.2) is 9.59 Å². The maximum Gasteiger partial charge on any atom is 0.416 e. The molecule has 1 aromatic rings. The van der Waals surface area contributed by atoms with Gasteiger partial charge in [0.15, 0.2) is 0 Å². The summed E-state index contributed by atoms with van der Waals surface area (Å²) in [5.41, 5.74) is -1.19. The number of esters is 2. The van der Waals surface area contributed by atoms with Crippen molar-refractivity contribution in [3.8, 4) is 0 Å². The van der Waals surface area contributed by atoms with Gasteiger partial charge in [0.05, 0.1) is 32.0 Å². The predicted octanol–water partition coefficient (Wildman–Crippen LogP) is 2.70. The summed E-state index contributed by atoms with van der Waals surface area (Å²) in [5.74, 6) is -1.71. The zero-order chi connectivity index (χ0) is 18.8. The molecule has 0 unspecified atom stereocenters. The number of rotatable bonds is 3. The Morgan fingerprint density at radius 1 is 1.16 bits per heavy atom. The fourth-order valence-electron chi connectivity index (χ4n) is 2.24. The van der Waals surface area contributed by atoms with E-state index in [9.17, 15) is 22.8 Å². The molecule has 0 saturated heterocycles. The molecule has 1 heterocycles. The van der Waals surface area contributed by atoms with Crippen molar-refractivity contribution >= 4 is 40.2 Å². The van der Waals surface area contributed by atoms with Crippen molar-refractivity contribution < 1.29 is 37.0 Å². The smallest absolute Gasteiger partial charge is 0.416 e. The highest BCUT2D eigenvalue weighted by molar-refractivity contribution is 14.1. The highest BCUT2D eigenvalue weighted by atomic mass is 127. The monoisotopic (exact) mass is 471 g/mol. The van der Waals surface area contributed by atoms with Crippen LogP contribution in [-0.4, -0.2) is 39.5 Å². The Hall–Kier alpha value is -1.82. The maximum absolute atomic E-state index is 13.1. The van der Waals surface area contributed by atoms with Gasteiger partial charge in [-0.2, -0.15) is 13.2 Å². The Kier molecular flexibility index (Phi) is 5.93. The van der Waals surface area contributed by atoms with Crippen molar-refractivity contribution in [3.63, 3.8) is 0 Å².